The number of carbonyl (C=O) groups is 1. The number of rotatable bonds is 12. The number of carbonyl (C=O) groups excluding carboxylic acids is 1. The van der Waals surface area contributed by atoms with E-state index in [0.717, 1.165) is 46.8 Å². The average Bonchev–Trinajstić information content (AvgIpc) is 3.04. The first kappa shape index (κ1) is 44.9. The van der Waals surface area contributed by atoms with Crippen LogP contribution >= 0.6 is 0 Å². The predicted octanol–water partition coefficient (Wildman–Crippen LogP) is 12.5. The van der Waals surface area contributed by atoms with E-state index in [9.17, 15) is 4.79 Å². The summed E-state index contributed by atoms with van der Waals surface area (Å²) in [4.78, 5) is 19.5. The molecule has 2 aromatic rings. The molecule has 4 nitrogen and oxygen atoms in total. The van der Waals surface area contributed by atoms with E-state index in [1.165, 1.54) is 76.3 Å². The standard InChI is InChI=1S/C25H36N2O.C7H15N.C5H12.2C2H6/c1-7-10-21(11-8-2)27(14-9-3)22-12-13-23(24(16-22)20(6)28)25-17-26-19(5)15-18(25)4;1-6-2-4-7(8)5-3-6;1-3-5-4-2;2*1-2/h12-13,15-17,21H,7-11,14H2,1-6H3;6-7H,2-5,8H2,1H3;3-5H2,1-2H3;2*1-2H3. The van der Waals surface area contributed by atoms with Crippen molar-refractivity contribution >= 4 is 11.5 Å². The number of Topliss-reactive ketones (excluding diaryl/α,β-unsaturated/α-hetero) is 1. The Morgan fingerprint density at radius 1 is 0.844 bits per heavy atom. The minimum atomic E-state index is 0.107. The maximum atomic E-state index is 12.5. The van der Waals surface area contributed by atoms with E-state index in [1.54, 1.807) is 6.92 Å². The Labute approximate surface area is 281 Å². The van der Waals surface area contributed by atoms with Crippen molar-refractivity contribution in [3.63, 3.8) is 0 Å². The molecule has 0 saturated heterocycles. The molecule has 0 atom stereocenters. The number of ketones is 1. The molecule has 1 aliphatic carbocycles. The minimum absolute atomic E-state index is 0.107. The van der Waals surface area contributed by atoms with Crippen LogP contribution in [0.25, 0.3) is 11.1 Å². The molecule has 2 N–H and O–H groups in total. The van der Waals surface area contributed by atoms with Gasteiger partial charge in [0.2, 0.25) is 0 Å². The molecule has 1 fully saturated rings. The van der Waals surface area contributed by atoms with Gasteiger partial charge in [-0.05, 0) is 101 Å². The highest BCUT2D eigenvalue weighted by molar-refractivity contribution is 6.02. The Bertz CT molecular complexity index is 976. The topological polar surface area (TPSA) is 59.2 Å². The van der Waals surface area contributed by atoms with Gasteiger partial charge in [0, 0.05) is 47.3 Å². The van der Waals surface area contributed by atoms with E-state index in [0.29, 0.717) is 12.1 Å². The van der Waals surface area contributed by atoms with Crippen molar-refractivity contribution < 1.29 is 4.79 Å². The van der Waals surface area contributed by atoms with Gasteiger partial charge >= 0.3 is 0 Å². The fourth-order valence-corrected chi connectivity index (χ4v) is 5.74. The highest BCUT2D eigenvalue weighted by Gasteiger charge is 2.20. The smallest absolute Gasteiger partial charge is 0.160 e. The molecule has 1 heterocycles. The SMILES string of the molecule is CC.CC.CC1CCC(N)CC1.CCCC(CCC)N(CCC)c1ccc(-c2cnc(C)cc2C)c(C(C)=O)c1.CCCCC. The van der Waals surface area contributed by atoms with Crippen LogP contribution in [0.2, 0.25) is 0 Å². The number of nitrogens with two attached hydrogens (primary N) is 1. The monoisotopic (exact) mass is 626 g/mol. The lowest BCUT2D eigenvalue weighted by Crippen LogP contribution is -2.36. The predicted molar refractivity (Wildman–Crippen MR) is 204 cm³/mol. The maximum Gasteiger partial charge on any atom is 0.160 e. The zero-order valence-corrected chi connectivity index (χ0v) is 32.2. The molecule has 0 radical (unpaired) electrons. The number of pyridine rings is 1. The van der Waals surface area contributed by atoms with Gasteiger partial charge in [-0.1, -0.05) is 107 Å². The maximum absolute atomic E-state index is 12.5. The third-order valence-electron chi connectivity index (χ3n) is 8.17. The van der Waals surface area contributed by atoms with Gasteiger partial charge in [0.15, 0.2) is 5.78 Å². The molecule has 4 heteroatoms. The van der Waals surface area contributed by atoms with Crippen molar-refractivity contribution in [2.75, 3.05) is 11.4 Å². The summed E-state index contributed by atoms with van der Waals surface area (Å²) in [6.07, 6.45) is 17.0. The highest BCUT2D eigenvalue weighted by atomic mass is 16.1. The number of hydrogen-bond acceptors (Lipinski definition) is 4. The van der Waals surface area contributed by atoms with Crippen molar-refractivity contribution in [1.82, 2.24) is 4.98 Å². The van der Waals surface area contributed by atoms with Gasteiger partial charge in [-0.25, -0.2) is 0 Å². The van der Waals surface area contributed by atoms with Crippen molar-refractivity contribution in [2.24, 2.45) is 11.7 Å². The van der Waals surface area contributed by atoms with Crippen LogP contribution in [-0.4, -0.2) is 29.4 Å². The summed E-state index contributed by atoms with van der Waals surface area (Å²) in [5.41, 5.74) is 11.8. The van der Waals surface area contributed by atoms with Gasteiger partial charge in [0.1, 0.15) is 0 Å². The molecule has 1 aliphatic rings. The normalized spacial score (nSPS) is 15.2. The van der Waals surface area contributed by atoms with E-state index < -0.39 is 0 Å². The van der Waals surface area contributed by atoms with Crippen molar-refractivity contribution in [3.05, 3.63) is 47.3 Å². The molecule has 0 spiro atoms. The molecule has 1 saturated carbocycles. The highest BCUT2D eigenvalue weighted by Crippen LogP contribution is 2.32. The summed E-state index contributed by atoms with van der Waals surface area (Å²) in [5, 5.41) is 0. The number of aromatic nitrogens is 1. The largest absolute Gasteiger partial charge is 0.369 e. The van der Waals surface area contributed by atoms with Crippen LogP contribution in [-0.2, 0) is 0 Å². The van der Waals surface area contributed by atoms with E-state index in [4.69, 9.17) is 5.73 Å². The van der Waals surface area contributed by atoms with Crippen LogP contribution in [0.5, 0.6) is 0 Å². The number of hydrogen-bond donors (Lipinski definition) is 1. The number of benzene rings is 1. The lowest BCUT2D eigenvalue weighted by atomic mass is 9.88. The van der Waals surface area contributed by atoms with E-state index in [2.05, 4.69) is 82.6 Å². The summed E-state index contributed by atoms with van der Waals surface area (Å²) in [7, 11) is 0. The van der Waals surface area contributed by atoms with Crippen LogP contribution in [0.1, 0.15) is 175 Å². The van der Waals surface area contributed by atoms with E-state index in [-0.39, 0.29) is 5.78 Å². The lowest BCUT2D eigenvalue weighted by molar-refractivity contribution is 0.101. The molecule has 0 unspecified atom stereocenters. The first-order valence-corrected chi connectivity index (χ1v) is 18.7. The molecule has 0 amide bonds. The summed E-state index contributed by atoms with van der Waals surface area (Å²) in [6, 6.07) is 9.53. The van der Waals surface area contributed by atoms with Crippen LogP contribution in [0.4, 0.5) is 5.69 Å². The minimum Gasteiger partial charge on any atom is -0.369 e. The molecule has 1 aromatic heterocycles. The third kappa shape index (κ3) is 17.9. The molecular formula is C41H75N3O. The van der Waals surface area contributed by atoms with Gasteiger partial charge in [-0.3, -0.25) is 9.78 Å². The third-order valence-corrected chi connectivity index (χ3v) is 8.17. The molecule has 45 heavy (non-hydrogen) atoms. The lowest BCUT2D eigenvalue weighted by Gasteiger charge is -2.34. The number of unbranched alkanes of at least 4 members (excludes halogenated alkanes) is 2. The second-order valence-corrected chi connectivity index (χ2v) is 12.2. The van der Waals surface area contributed by atoms with E-state index >= 15 is 0 Å². The quantitative estimate of drug-likeness (QED) is 0.238. The van der Waals surface area contributed by atoms with E-state index in [1.807, 2.05) is 40.8 Å². The van der Waals surface area contributed by atoms with Gasteiger partial charge in [0.25, 0.3) is 0 Å². The molecule has 1 aromatic carbocycles. The summed E-state index contributed by atoms with van der Waals surface area (Å²) in [5.74, 6) is 1.05. The van der Waals surface area contributed by atoms with Crippen LogP contribution < -0.4 is 10.6 Å². The molecule has 0 bridgehead atoms. The van der Waals surface area contributed by atoms with Gasteiger partial charge in [-0.2, -0.15) is 0 Å². The molecule has 260 valence electrons. The Hall–Kier alpha value is -2.20. The van der Waals surface area contributed by atoms with Gasteiger partial charge in [0.05, 0.1) is 0 Å². The summed E-state index contributed by atoms with van der Waals surface area (Å²) < 4.78 is 0. The second-order valence-electron chi connectivity index (χ2n) is 12.2. The van der Waals surface area contributed by atoms with Crippen LogP contribution in [0.15, 0.2) is 30.5 Å². The van der Waals surface area contributed by atoms with Crippen molar-refractivity contribution in [3.8, 4) is 11.1 Å². The number of nitrogens with zero attached hydrogens (tertiary/aromatic N) is 2. The van der Waals surface area contributed by atoms with Crippen molar-refractivity contribution in [2.45, 2.75) is 179 Å². The Balaban J connectivity index is 0. The first-order chi connectivity index (χ1) is 21.6. The average molecular weight is 626 g/mol. The molecule has 0 aliphatic heterocycles. The number of anilines is 1. The Morgan fingerprint density at radius 2 is 1.40 bits per heavy atom. The molecular weight excluding hydrogens is 550 g/mol. The summed E-state index contributed by atoms with van der Waals surface area (Å²) >= 11 is 0. The molecule has 3 rings (SSSR count). The van der Waals surface area contributed by atoms with Gasteiger partial charge in [-0.15, -0.1) is 0 Å². The van der Waals surface area contributed by atoms with Crippen LogP contribution in [0.3, 0.4) is 0 Å². The summed E-state index contributed by atoms with van der Waals surface area (Å²) in [6.45, 7) is 28.2. The Kier molecular flexibility index (Phi) is 28.0. The first-order valence-electron chi connectivity index (χ1n) is 18.7. The zero-order valence-electron chi connectivity index (χ0n) is 32.2. The Morgan fingerprint density at radius 3 is 1.80 bits per heavy atom. The van der Waals surface area contributed by atoms with Gasteiger partial charge < -0.3 is 10.6 Å². The second kappa shape index (κ2) is 28.1. The number of aryl methyl sites for hydroxylation is 2. The van der Waals surface area contributed by atoms with Crippen LogP contribution in [0, 0.1) is 19.8 Å². The fraction of sp³-hybridized carbons (Fsp3) is 0.707. The zero-order chi connectivity index (χ0) is 34.8. The fourth-order valence-electron chi connectivity index (χ4n) is 5.74. The van der Waals surface area contributed by atoms with Crippen molar-refractivity contribution in [1.29, 1.82) is 0 Å².